The molecule has 0 spiro atoms. The van der Waals surface area contributed by atoms with Crippen molar-refractivity contribution in [3.05, 3.63) is 64.7 Å². The molecule has 25 heavy (non-hydrogen) atoms. The Morgan fingerprint density at radius 3 is 2.80 bits per heavy atom. The summed E-state index contributed by atoms with van der Waals surface area (Å²) >= 11 is 0. The Bertz CT molecular complexity index is 871. The van der Waals surface area contributed by atoms with E-state index in [2.05, 4.69) is 47.4 Å². The second-order valence-electron chi connectivity index (χ2n) is 7.49. The average Bonchev–Trinajstić information content (AvgIpc) is 2.68. The van der Waals surface area contributed by atoms with Crippen LogP contribution >= 0.6 is 0 Å². The van der Waals surface area contributed by atoms with Crippen LogP contribution in [0.3, 0.4) is 0 Å². The Balaban J connectivity index is 1.50. The standard InChI is InChI=1S/C23H25NO/c1-2-4-20-18(3-1)6-9-23-21-8-5-17(15-19(21)7-10-22(20)23)16-24-11-13-25-14-12-24/h2,4-5,7-8,10,15H,1,3,6,9,11-14,16H2. The zero-order valence-electron chi connectivity index (χ0n) is 14.8. The number of fused-ring (bicyclic) bond motifs is 4. The summed E-state index contributed by atoms with van der Waals surface area (Å²) in [6, 6.07) is 11.8. The number of morpholine rings is 1. The van der Waals surface area contributed by atoms with Gasteiger partial charge in [0.2, 0.25) is 0 Å². The van der Waals surface area contributed by atoms with Crippen LogP contribution in [0, 0.1) is 0 Å². The molecule has 128 valence electrons. The predicted octanol–water partition coefficient (Wildman–Crippen LogP) is 4.72. The van der Waals surface area contributed by atoms with Crippen molar-refractivity contribution < 1.29 is 4.74 Å². The van der Waals surface area contributed by atoms with Crippen LogP contribution in [0.4, 0.5) is 0 Å². The summed E-state index contributed by atoms with van der Waals surface area (Å²) in [6.45, 7) is 4.86. The van der Waals surface area contributed by atoms with Gasteiger partial charge >= 0.3 is 0 Å². The normalized spacial score (nSPS) is 20.6. The molecule has 1 heterocycles. The van der Waals surface area contributed by atoms with Crippen LogP contribution in [-0.2, 0) is 17.7 Å². The van der Waals surface area contributed by atoms with Gasteiger partial charge in [0.25, 0.3) is 0 Å². The van der Waals surface area contributed by atoms with Crippen molar-refractivity contribution >= 4 is 16.3 Å². The van der Waals surface area contributed by atoms with Crippen LogP contribution in [0.15, 0.2) is 48.1 Å². The van der Waals surface area contributed by atoms with Crippen molar-refractivity contribution in [2.75, 3.05) is 26.3 Å². The Kier molecular flexibility index (Phi) is 3.95. The fourth-order valence-corrected chi connectivity index (χ4v) is 4.61. The lowest BCUT2D eigenvalue weighted by Crippen LogP contribution is -2.35. The first-order valence-corrected chi connectivity index (χ1v) is 9.62. The van der Waals surface area contributed by atoms with E-state index in [1.54, 1.807) is 11.1 Å². The van der Waals surface area contributed by atoms with Gasteiger partial charge in [-0.05, 0) is 64.8 Å². The maximum absolute atomic E-state index is 5.46. The fourth-order valence-electron chi connectivity index (χ4n) is 4.61. The minimum absolute atomic E-state index is 0.867. The summed E-state index contributed by atoms with van der Waals surface area (Å²) in [5, 5.41) is 2.85. The molecule has 0 saturated carbocycles. The number of rotatable bonds is 2. The van der Waals surface area contributed by atoms with E-state index >= 15 is 0 Å². The molecule has 0 bridgehead atoms. The minimum atomic E-state index is 0.867. The topological polar surface area (TPSA) is 12.5 Å². The van der Waals surface area contributed by atoms with E-state index in [0.717, 1.165) is 32.8 Å². The third-order valence-electron chi connectivity index (χ3n) is 5.95. The first-order valence-electron chi connectivity index (χ1n) is 9.62. The number of hydrogen-bond acceptors (Lipinski definition) is 2. The van der Waals surface area contributed by atoms with Crippen LogP contribution in [0.1, 0.15) is 36.0 Å². The molecule has 5 rings (SSSR count). The first kappa shape index (κ1) is 15.4. The molecule has 2 heteroatoms. The lowest BCUT2D eigenvalue weighted by atomic mass is 9.79. The van der Waals surface area contributed by atoms with Crippen LogP contribution in [0.2, 0.25) is 0 Å². The summed E-state index contributed by atoms with van der Waals surface area (Å²) in [4.78, 5) is 2.49. The molecule has 2 aromatic rings. The molecule has 0 atom stereocenters. The number of benzene rings is 2. The summed E-state index contributed by atoms with van der Waals surface area (Å²) < 4.78 is 5.46. The molecule has 1 aliphatic heterocycles. The molecule has 0 amide bonds. The monoisotopic (exact) mass is 331 g/mol. The first-order chi connectivity index (χ1) is 12.4. The van der Waals surface area contributed by atoms with Gasteiger partial charge in [0.15, 0.2) is 0 Å². The molecular formula is C23H25NO. The number of ether oxygens (including phenoxy) is 1. The van der Waals surface area contributed by atoms with Gasteiger partial charge in [-0.2, -0.15) is 0 Å². The summed E-state index contributed by atoms with van der Waals surface area (Å²) in [6.07, 6.45) is 9.59. The van der Waals surface area contributed by atoms with Crippen molar-refractivity contribution in [2.24, 2.45) is 0 Å². The summed E-state index contributed by atoms with van der Waals surface area (Å²) in [7, 11) is 0. The molecule has 2 aromatic carbocycles. The van der Waals surface area contributed by atoms with E-state index in [1.807, 2.05) is 0 Å². The Morgan fingerprint density at radius 2 is 1.88 bits per heavy atom. The van der Waals surface area contributed by atoms with Gasteiger partial charge in [-0.1, -0.05) is 42.0 Å². The SMILES string of the molecule is C1=CC2=C(CC1)CCc1c2ccc2cc(CN3CCOCC3)ccc12. The Hall–Kier alpha value is -1.90. The van der Waals surface area contributed by atoms with E-state index in [9.17, 15) is 0 Å². The number of hydrogen-bond donors (Lipinski definition) is 0. The van der Waals surface area contributed by atoms with E-state index < -0.39 is 0 Å². The molecule has 0 N–H and O–H groups in total. The highest BCUT2D eigenvalue weighted by Gasteiger charge is 2.20. The van der Waals surface area contributed by atoms with Gasteiger partial charge in [-0.25, -0.2) is 0 Å². The van der Waals surface area contributed by atoms with Gasteiger partial charge in [0.1, 0.15) is 0 Å². The second-order valence-corrected chi connectivity index (χ2v) is 7.49. The van der Waals surface area contributed by atoms with Gasteiger partial charge in [-0.15, -0.1) is 0 Å². The smallest absolute Gasteiger partial charge is 0.0594 e. The van der Waals surface area contributed by atoms with Crippen molar-refractivity contribution in [1.29, 1.82) is 0 Å². The largest absolute Gasteiger partial charge is 0.379 e. The fraction of sp³-hybridized carbons (Fsp3) is 0.391. The zero-order valence-corrected chi connectivity index (χ0v) is 14.8. The highest BCUT2D eigenvalue weighted by molar-refractivity contribution is 5.94. The average molecular weight is 331 g/mol. The van der Waals surface area contributed by atoms with Crippen LogP contribution in [-0.4, -0.2) is 31.2 Å². The third kappa shape index (κ3) is 2.84. The Labute approximate surface area is 149 Å². The molecule has 1 saturated heterocycles. The van der Waals surface area contributed by atoms with Gasteiger partial charge in [-0.3, -0.25) is 4.90 Å². The van der Waals surface area contributed by atoms with Crippen molar-refractivity contribution in [3.63, 3.8) is 0 Å². The van der Waals surface area contributed by atoms with Crippen molar-refractivity contribution in [2.45, 2.75) is 32.2 Å². The lowest BCUT2D eigenvalue weighted by molar-refractivity contribution is 0.0342. The minimum Gasteiger partial charge on any atom is -0.379 e. The van der Waals surface area contributed by atoms with Gasteiger partial charge in [0, 0.05) is 19.6 Å². The maximum Gasteiger partial charge on any atom is 0.0594 e. The highest BCUT2D eigenvalue weighted by atomic mass is 16.5. The molecular weight excluding hydrogens is 306 g/mol. The van der Waals surface area contributed by atoms with E-state index in [1.165, 1.54) is 53.2 Å². The van der Waals surface area contributed by atoms with E-state index in [-0.39, 0.29) is 0 Å². The Morgan fingerprint density at radius 1 is 0.960 bits per heavy atom. The predicted molar refractivity (Wildman–Crippen MR) is 104 cm³/mol. The van der Waals surface area contributed by atoms with Crippen LogP contribution < -0.4 is 0 Å². The molecule has 0 aromatic heterocycles. The molecule has 3 aliphatic rings. The zero-order chi connectivity index (χ0) is 16.6. The number of nitrogens with zero attached hydrogens (tertiary/aromatic N) is 1. The van der Waals surface area contributed by atoms with E-state index in [0.29, 0.717) is 0 Å². The molecule has 1 fully saturated rings. The molecule has 2 aliphatic carbocycles. The number of aryl methyl sites for hydroxylation is 1. The van der Waals surface area contributed by atoms with E-state index in [4.69, 9.17) is 4.74 Å². The molecule has 0 radical (unpaired) electrons. The highest BCUT2D eigenvalue weighted by Crippen LogP contribution is 2.39. The van der Waals surface area contributed by atoms with Gasteiger partial charge < -0.3 is 4.74 Å². The van der Waals surface area contributed by atoms with Crippen molar-refractivity contribution in [3.8, 4) is 0 Å². The van der Waals surface area contributed by atoms with Gasteiger partial charge in [0.05, 0.1) is 13.2 Å². The summed E-state index contributed by atoms with van der Waals surface area (Å²) in [5.41, 5.74) is 7.62. The quantitative estimate of drug-likeness (QED) is 0.789. The maximum atomic E-state index is 5.46. The molecule has 2 nitrogen and oxygen atoms in total. The third-order valence-corrected chi connectivity index (χ3v) is 5.95. The second kappa shape index (κ2) is 6.44. The lowest BCUT2D eigenvalue weighted by Gasteiger charge is -2.27. The van der Waals surface area contributed by atoms with Crippen LogP contribution in [0.25, 0.3) is 16.3 Å². The van der Waals surface area contributed by atoms with Crippen molar-refractivity contribution in [1.82, 2.24) is 4.90 Å². The van der Waals surface area contributed by atoms with Crippen LogP contribution in [0.5, 0.6) is 0 Å². The molecule has 0 unspecified atom stereocenters. The summed E-state index contributed by atoms with van der Waals surface area (Å²) in [5.74, 6) is 0. The number of allylic oxidation sites excluding steroid dienone is 4.